The summed E-state index contributed by atoms with van der Waals surface area (Å²) in [6.45, 7) is 6.66. The molecule has 0 aromatic carbocycles. The predicted molar refractivity (Wildman–Crippen MR) is 46.1 cm³/mol. The lowest BCUT2D eigenvalue weighted by molar-refractivity contribution is 0.676. The van der Waals surface area contributed by atoms with E-state index < -0.39 is 0 Å². The van der Waals surface area contributed by atoms with Crippen molar-refractivity contribution in [2.45, 2.75) is 32.1 Å². The van der Waals surface area contributed by atoms with Crippen molar-refractivity contribution in [3.05, 3.63) is 0 Å². The smallest absolute Gasteiger partial charge is 0.0127 e. The molecule has 0 saturated carbocycles. The molecule has 0 aromatic heterocycles. The van der Waals surface area contributed by atoms with Gasteiger partial charge in [0.25, 0.3) is 0 Å². The maximum absolute atomic E-state index is 3.20. The minimum absolute atomic E-state index is 0.650. The fourth-order valence-corrected chi connectivity index (χ4v) is 1.26. The molecule has 0 aliphatic rings. The van der Waals surface area contributed by atoms with Crippen LogP contribution >= 0.6 is 11.8 Å². The number of rotatable bonds is 4. The van der Waals surface area contributed by atoms with Gasteiger partial charge in [-0.3, -0.25) is 0 Å². The molecule has 0 aliphatic heterocycles. The van der Waals surface area contributed by atoms with Gasteiger partial charge in [-0.2, -0.15) is 11.8 Å². The van der Waals surface area contributed by atoms with Crippen LogP contribution in [0.15, 0.2) is 0 Å². The molecule has 0 bridgehead atoms. The third kappa shape index (κ3) is 6.19. The summed E-state index contributed by atoms with van der Waals surface area (Å²) in [5.41, 5.74) is 0. The van der Waals surface area contributed by atoms with E-state index in [1.54, 1.807) is 0 Å². The molecule has 0 spiro atoms. The average molecular weight is 147 g/mol. The van der Waals surface area contributed by atoms with Crippen molar-refractivity contribution in [3.63, 3.8) is 0 Å². The Morgan fingerprint density at radius 3 is 2.22 bits per heavy atom. The molecule has 0 saturated heterocycles. The molecule has 1 nitrogen and oxygen atoms in total. The van der Waals surface area contributed by atoms with Crippen molar-refractivity contribution in [1.29, 1.82) is 0 Å². The lowest BCUT2D eigenvalue weighted by atomic mass is 10.4. The van der Waals surface area contributed by atoms with Crippen molar-refractivity contribution in [3.8, 4) is 0 Å². The molecule has 2 heteroatoms. The SMILES string of the molecule is CNC(C)CSC(C)C. The Morgan fingerprint density at radius 1 is 1.33 bits per heavy atom. The summed E-state index contributed by atoms with van der Waals surface area (Å²) in [7, 11) is 2.01. The van der Waals surface area contributed by atoms with Gasteiger partial charge in [-0.05, 0) is 19.2 Å². The highest BCUT2D eigenvalue weighted by Gasteiger charge is 1.98. The van der Waals surface area contributed by atoms with Crippen LogP contribution < -0.4 is 5.32 Å². The van der Waals surface area contributed by atoms with E-state index in [1.807, 2.05) is 18.8 Å². The van der Waals surface area contributed by atoms with E-state index >= 15 is 0 Å². The molecule has 1 unspecified atom stereocenters. The van der Waals surface area contributed by atoms with Crippen LogP contribution in [0.2, 0.25) is 0 Å². The first-order valence-electron chi connectivity index (χ1n) is 3.45. The summed E-state index contributed by atoms with van der Waals surface area (Å²) in [5.74, 6) is 1.22. The van der Waals surface area contributed by atoms with Gasteiger partial charge in [-0.15, -0.1) is 0 Å². The third-order valence-corrected chi connectivity index (χ3v) is 2.53. The number of thioether (sulfide) groups is 1. The van der Waals surface area contributed by atoms with Gasteiger partial charge < -0.3 is 5.32 Å². The van der Waals surface area contributed by atoms with E-state index in [1.165, 1.54) is 5.75 Å². The highest BCUT2D eigenvalue weighted by Crippen LogP contribution is 2.09. The molecule has 0 fully saturated rings. The standard InChI is InChI=1S/C7H17NS/c1-6(2)9-5-7(3)8-4/h6-8H,5H2,1-4H3. The Kier molecular flexibility index (Phi) is 5.30. The van der Waals surface area contributed by atoms with Crippen molar-refractivity contribution < 1.29 is 0 Å². The van der Waals surface area contributed by atoms with E-state index in [0.717, 1.165) is 5.25 Å². The third-order valence-electron chi connectivity index (χ3n) is 1.17. The lowest BCUT2D eigenvalue weighted by Crippen LogP contribution is -2.24. The second kappa shape index (κ2) is 5.12. The average Bonchev–Trinajstić information content (AvgIpc) is 1.83. The monoisotopic (exact) mass is 147 g/mol. The van der Waals surface area contributed by atoms with Gasteiger partial charge in [-0.1, -0.05) is 13.8 Å². The Balaban J connectivity index is 3.06. The van der Waals surface area contributed by atoms with Crippen LogP contribution in [0.5, 0.6) is 0 Å². The van der Waals surface area contributed by atoms with Crippen LogP contribution in [0.3, 0.4) is 0 Å². The lowest BCUT2D eigenvalue weighted by Gasteiger charge is -2.10. The van der Waals surface area contributed by atoms with E-state index in [0.29, 0.717) is 6.04 Å². The van der Waals surface area contributed by atoms with E-state index in [9.17, 15) is 0 Å². The van der Waals surface area contributed by atoms with Crippen LogP contribution in [-0.4, -0.2) is 24.1 Å². The van der Waals surface area contributed by atoms with Crippen LogP contribution in [-0.2, 0) is 0 Å². The topological polar surface area (TPSA) is 12.0 Å². The molecule has 0 aliphatic carbocycles. The summed E-state index contributed by atoms with van der Waals surface area (Å²) < 4.78 is 0. The first-order valence-corrected chi connectivity index (χ1v) is 4.50. The predicted octanol–water partition coefficient (Wildman–Crippen LogP) is 1.74. The molecule has 1 N–H and O–H groups in total. The number of hydrogen-bond acceptors (Lipinski definition) is 2. The molecule has 0 amide bonds. The van der Waals surface area contributed by atoms with Gasteiger partial charge >= 0.3 is 0 Å². The minimum atomic E-state index is 0.650. The second-order valence-corrected chi connectivity index (χ2v) is 4.18. The van der Waals surface area contributed by atoms with Crippen molar-refractivity contribution in [2.24, 2.45) is 0 Å². The van der Waals surface area contributed by atoms with Crippen LogP contribution in [0.1, 0.15) is 20.8 Å². The molecule has 9 heavy (non-hydrogen) atoms. The van der Waals surface area contributed by atoms with Gasteiger partial charge in [0.15, 0.2) is 0 Å². The molecule has 0 radical (unpaired) electrons. The van der Waals surface area contributed by atoms with Crippen molar-refractivity contribution >= 4 is 11.8 Å². The highest BCUT2D eigenvalue weighted by atomic mass is 32.2. The zero-order valence-corrected chi connectivity index (χ0v) is 7.59. The van der Waals surface area contributed by atoms with Gasteiger partial charge in [0.2, 0.25) is 0 Å². The van der Waals surface area contributed by atoms with Crippen LogP contribution in [0, 0.1) is 0 Å². The fraction of sp³-hybridized carbons (Fsp3) is 1.00. The molecule has 56 valence electrons. The number of nitrogens with one attached hydrogen (secondary N) is 1. The largest absolute Gasteiger partial charge is 0.316 e. The second-order valence-electron chi connectivity index (χ2n) is 2.57. The molecular weight excluding hydrogens is 130 g/mol. The Hall–Kier alpha value is 0.310. The van der Waals surface area contributed by atoms with Crippen LogP contribution in [0.4, 0.5) is 0 Å². The summed E-state index contributed by atoms with van der Waals surface area (Å²) in [4.78, 5) is 0. The van der Waals surface area contributed by atoms with Crippen molar-refractivity contribution in [1.82, 2.24) is 5.32 Å². The summed E-state index contributed by atoms with van der Waals surface area (Å²) >= 11 is 2.00. The summed E-state index contributed by atoms with van der Waals surface area (Å²) in [6.07, 6.45) is 0. The molecule has 0 aromatic rings. The minimum Gasteiger partial charge on any atom is -0.316 e. The molecule has 0 heterocycles. The first-order chi connectivity index (χ1) is 4.16. The zero-order chi connectivity index (χ0) is 7.28. The quantitative estimate of drug-likeness (QED) is 0.650. The van der Waals surface area contributed by atoms with Gasteiger partial charge in [-0.25, -0.2) is 0 Å². The van der Waals surface area contributed by atoms with E-state index in [4.69, 9.17) is 0 Å². The Labute approximate surface area is 62.6 Å². The van der Waals surface area contributed by atoms with Crippen LogP contribution in [0.25, 0.3) is 0 Å². The molecule has 1 atom stereocenters. The normalized spacial score (nSPS) is 14.3. The zero-order valence-electron chi connectivity index (χ0n) is 6.77. The van der Waals surface area contributed by atoms with Gasteiger partial charge in [0.1, 0.15) is 0 Å². The maximum Gasteiger partial charge on any atom is 0.0127 e. The maximum atomic E-state index is 3.20. The first kappa shape index (κ1) is 9.31. The summed E-state index contributed by atoms with van der Waals surface area (Å²) in [6, 6.07) is 0.650. The van der Waals surface area contributed by atoms with E-state index in [2.05, 4.69) is 26.1 Å². The van der Waals surface area contributed by atoms with Gasteiger partial charge in [0.05, 0.1) is 0 Å². The Morgan fingerprint density at radius 2 is 1.89 bits per heavy atom. The number of hydrogen-bond donors (Lipinski definition) is 1. The van der Waals surface area contributed by atoms with E-state index in [-0.39, 0.29) is 0 Å². The van der Waals surface area contributed by atoms with Gasteiger partial charge in [0, 0.05) is 11.8 Å². The Bertz CT molecular complexity index is 63.9. The van der Waals surface area contributed by atoms with Crippen molar-refractivity contribution in [2.75, 3.05) is 12.8 Å². The fourth-order valence-electron chi connectivity index (χ4n) is 0.420. The highest BCUT2D eigenvalue weighted by molar-refractivity contribution is 7.99. The summed E-state index contributed by atoms with van der Waals surface area (Å²) in [5, 5.41) is 3.96. The molecule has 0 rings (SSSR count). The molecular formula is C7H17NS.